The molecule has 1 N–H and O–H groups in total. The normalized spacial score (nSPS) is 26.1. The van der Waals surface area contributed by atoms with Crippen LogP contribution < -0.4 is 5.32 Å². The Morgan fingerprint density at radius 2 is 2.18 bits per heavy atom. The lowest BCUT2D eigenvalue weighted by Crippen LogP contribution is -2.36. The summed E-state index contributed by atoms with van der Waals surface area (Å²) in [6, 6.07) is 3.65. The highest BCUT2D eigenvalue weighted by atomic mass is 79.9. The van der Waals surface area contributed by atoms with E-state index in [4.69, 9.17) is 0 Å². The zero-order valence-corrected chi connectivity index (χ0v) is 18.4. The molecule has 152 valence electrons. The van der Waals surface area contributed by atoms with E-state index in [9.17, 15) is 13.2 Å². The molecule has 2 heterocycles. The van der Waals surface area contributed by atoms with E-state index in [0.29, 0.717) is 29.7 Å². The zero-order valence-electron chi connectivity index (χ0n) is 16.0. The number of nitrogens with zero attached hydrogens (tertiary/aromatic N) is 2. The average molecular weight is 468 g/mol. The Morgan fingerprint density at radius 1 is 1.43 bits per heavy atom. The van der Waals surface area contributed by atoms with E-state index >= 15 is 0 Å². The first-order valence-corrected chi connectivity index (χ1v) is 11.7. The monoisotopic (exact) mass is 467 g/mol. The minimum atomic E-state index is -3.30. The average Bonchev–Trinajstić information content (AvgIpc) is 3.19. The van der Waals surface area contributed by atoms with Gasteiger partial charge in [0.15, 0.2) is 5.78 Å². The summed E-state index contributed by atoms with van der Waals surface area (Å²) in [5, 5.41) is 3.39. The van der Waals surface area contributed by atoms with E-state index in [1.165, 1.54) is 4.31 Å². The van der Waals surface area contributed by atoms with Crippen molar-refractivity contribution < 1.29 is 13.2 Å². The van der Waals surface area contributed by atoms with E-state index in [1.807, 2.05) is 12.1 Å². The van der Waals surface area contributed by atoms with Crippen LogP contribution >= 0.6 is 15.9 Å². The highest BCUT2D eigenvalue weighted by Gasteiger charge is 2.62. The van der Waals surface area contributed by atoms with Crippen molar-refractivity contribution in [2.75, 3.05) is 19.3 Å². The van der Waals surface area contributed by atoms with Gasteiger partial charge in [-0.15, -0.1) is 6.58 Å². The number of hydrogen-bond acceptors (Lipinski definition) is 5. The molecule has 2 fully saturated rings. The molecule has 1 aromatic heterocycles. The van der Waals surface area contributed by atoms with Gasteiger partial charge in [-0.05, 0) is 46.8 Å². The molecule has 0 amide bonds. The quantitative estimate of drug-likeness (QED) is 0.422. The fourth-order valence-corrected chi connectivity index (χ4v) is 5.57. The lowest BCUT2D eigenvalue weighted by Gasteiger charge is -2.22. The minimum absolute atomic E-state index is 0.0718. The van der Waals surface area contributed by atoms with E-state index in [0.717, 1.165) is 12.0 Å². The van der Waals surface area contributed by atoms with Crippen LogP contribution in [0.1, 0.15) is 30.5 Å². The number of rotatable bonds is 10. The molecule has 0 unspecified atom stereocenters. The van der Waals surface area contributed by atoms with Crippen molar-refractivity contribution in [1.29, 1.82) is 0 Å². The van der Waals surface area contributed by atoms with Crippen LogP contribution in [0.5, 0.6) is 0 Å². The Balaban J connectivity index is 1.63. The Morgan fingerprint density at radius 3 is 2.86 bits per heavy atom. The van der Waals surface area contributed by atoms with Gasteiger partial charge in [-0.2, -0.15) is 0 Å². The van der Waals surface area contributed by atoms with Gasteiger partial charge < -0.3 is 5.32 Å². The highest BCUT2D eigenvalue weighted by molar-refractivity contribution is 9.10. The fourth-order valence-electron chi connectivity index (χ4n) is 3.99. The molecule has 2 aliphatic rings. The molecule has 1 saturated carbocycles. The molecule has 1 aliphatic heterocycles. The van der Waals surface area contributed by atoms with Gasteiger partial charge in [-0.1, -0.05) is 24.8 Å². The van der Waals surface area contributed by atoms with Crippen LogP contribution in [-0.4, -0.2) is 54.9 Å². The van der Waals surface area contributed by atoms with Crippen molar-refractivity contribution in [2.24, 2.45) is 5.41 Å². The van der Waals surface area contributed by atoms with Gasteiger partial charge in [0, 0.05) is 25.0 Å². The third-order valence-electron chi connectivity index (χ3n) is 5.72. The standard InChI is InChI=1S/C20H26BrN3O3S/c1-4-6-9-28(26,27)24(3)13-20-11-16(22-18(20)12-20)17(25)10-15-14(5-2)7-8-19(21)23-15/h4-5,7-8,16,18,22H,1-2,6,9-13H2,3H3/t16-,18+,20-/m0/s1. The van der Waals surface area contributed by atoms with Crippen molar-refractivity contribution in [3.8, 4) is 0 Å². The number of aromatic nitrogens is 1. The summed E-state index contributed by atoms with van der Waals surface area (Å²) in [5.41, 5.74) is 1.42. The topological polar surface area (TPSA) is 79.4 Å². The van der Waals surface area contributed by atoms with E-state index in [-0.39, 0.29) is 35.5 Å². The molecule has 0 radical (unpaired) electrons. The summed E-state index contributed by atoms with van der Waals surface area (Å²) in [6.45, 7) is 7.81. The Kier molecular flexibility index (Phi) is 6.24. The van der Waals surface area contributed by atoms with Crippen molar-refractivity contribution in [2.45, 2.75) is 37.8 Å². The van der Waals surface area contributed by atoms with Gasteiger partial charge in [-0.3, -0.25) is 4.79 Å². The van der Waals surface area contributed by atoms with Crippen molar-refractivity contribution >= 4 is 37.8 Å². The lowest BCUT2D eigenvalue weighted by atomic mass is 9.95. The van der Waals surface area contributed by atoms with Gasteiger partial charge in [-0.25, -0.2) is 17.7 Å². The van der Waals surface area contributed by atoms with Gasteiger partial charge in [0.1, 0.15) is 4.60 Å². The van der Waals surface area contributed by atoms with Gasteiger partial charge in [0.05, 0.1) is 23.9 Å². The van der Waals surface area contributed by atoms with E-state index in [2.05, 4.69) is 39.4 Å². The third kappa shape index (κ3) is 4.45. The van der Waals surface area contributed by atoms with Crippen LogP contribution in [0.25, 0.3) is 6.08 Å². The lowest BCUT2D eigenvalue weighted by molar-refractivity contribution is -0.120. The maximum absolute atomic E-state index is 12.8. The number of halogens is 1. The summed E-state index contributed by atoms with van der Waals surface area (Å²) in [6.07, 6.45) is 5.55. The zero-order chi connectivity index (χ0) is 20.5. The number of Topliss-reactive ketones (excluding diaryl/α,β-unsaturated/α-hetero) is 1. The maximum Gasteiger partial charge on any atom is 0.214 e. The van der Waals surface area contributed by atoms with Gasteiger partial charge in [0.2, 0.25) is 10.0 Å². The van der Waals surface area contributed by atoms with E-state index in [1.54, 1.807) is 19.2 Å². The molecule has 0 aromatic carbocycles. The predicted octanol–water partition coefficient (Wildman–Crippen LogP) is 2.56. The number of piperidine rings is 1. The second kappa shape index (κ2) is 8.18. The molecular formula is C20H26BrN3O3S. The van der Waals surface area contributed by atoms with Gasteiger partial charge >= 0.3 is 0 Å². The first-order chi connectivity index (χ1) is 13.2. The summed E-state index contributed by atoms with van der Waals surface area (Å²) < 4.78 is 26.9. The number of allylic oxidation sites excluding steroid dienone is 1. The van der Waals surface area contributed by atoms with Gasteiger partial charge in [0.25, 0.3) is 0 Å². The molecule has 6 nitrogen and oxygen atoms in total. The summed E-state index contributed by atoms with van der Waals surface area (Å²) in [4.78, 5) is 17.2. The largest absolute Gasteiger partial charge is 0.304 e. The van der Waals surface area contributed by atoms with Crippen LogP contribution in [0.3, 0.4) is 0 Å². The number of pyridine rings is 1. The molecule has 1 aromatic rings. The van der Waals surface area contributed by atoms with Crippen LogP contribution in [0.15, 0.2) is 36.0 Å². The first-order valence-electron chi connectivity index (χ1n) is 9.32. The van der Waals surface area contributed by atoms with Crippen LogP contribution in [0.2, 0.25) is 0 Å². The first kappa shape index (κ1) is 21.4. The summed E-state index contributed by atoms with van der Waals surface area (Å²) in [5.74, 6) is 0.153. The Bertz CT molecular complexity index is 902. The smallest absolute Gasteiger partial charge is 0.214 e. The van der Waals surface area contributed by atoms with Crippen LogP contribution in [0.4, 0.5) is 0 Å². The van der Waals surface area contributed by atoms with Crippen LogP contribution in [0, 0.1) is 5.41 Å². The molecule has 0 spiro atoms. The fraction of sp³-hybridized carbons (Fsp3) is 0.500. The highest BCUT2D eigenvalue weighted by Crippen LogP contribution is 2.55. The second-order valence-electron chi connectivity index (χ2n) is 7.71. The number of hydrogen-bond donors (Lipinski definition) is 1. The molecular weight excluding hydrogens is 442 g/mol. The Hall–Kier alpha value is -1.35. The number of ketones is 1. The number of carbonyl (C=O) groups excluding carboxylic acids is 1. The van der Waals surface area contributed by atoms with Crippen molar-refractivity contribution in [3.63, 3.8) is 0 Å². The predicted molar refractivity (Wildman–Crippen MR) is 114 cm³/mol. The van der Waals surface area contributed by atoms with E-state index < -0.39 is 10.0 Å². The van der Waals surface area contributed by atoms with Crippen molar-refractivity contribution in [3.05, 3.63) is 47.2 Å². The molecule has 0 bridgehead atoms. The number of carbonyl (C=O) groups is 1. The molecule has 1 aliphatic carbocycles. The molecule has 28 heavy (non-hydrogen) atoms. The number of sulfonamides is 1. The van der Waals surface area contributed by atoms with Crippen molar-refractivity contribution in [1.82, 2.24) is 14.6 Å². The number of fused-ring (bicyclic) bond motifs is 1. The minimum Gasteiger partial charge on any atom is -0.304 e. The summed E-state index contributed by atoms with van der Waals surface area (Å²) in [7, 11) is -1.67. The Labute approximate surface area is 175 Å². The van der Waals surface area contributed by atoms with Crippen LogP contribution in [-0.2, 0) is 21.2 Å². The molecule has 8 heteroatoms. The number of nitrogens with one attached hydrogen (secondary N) is 1. The molecule has 3 atom stereocenters. The summed E-state index contributed by atoms with van der Waals surface area (Å²) >= 11 is 3.35. The molecule has 1 saturated heterocycles. The SMILES string of the molecule is C=CCCS(=O)(=O)N(C)C[C@@]12C[C@@H](C(=O)Cc3nc(Br)ccc3C=C)N[C@@H]1C2. The second-order valence-corrected chi connectivity index (χ2v) is 10.7. The maximum atomic E-state index is 12.8. The molecule has 3 rings (SSSR count). The third-order valence-corrected chi connectivity index (χ3v) is 7.99.